The van der Waals surface area contributed by atoms with Crippen molar-refractivity contribution in [2.45, 2.75) is 207 Å². The summed E-state index contributed by atoms with van der Waals surface area (Å²) in [5.41, 5.74) is 0. The molecule has 1 atom stereocenters. The van der Waals surface area contributed by atoms with Gasteiger partial charge in [0.15, 0.2) is 6.10 Å². The molecule has 0 aromatic rings. The molecule has 0 saturated carbocycles. The van der Waals surface area contributed by atoms with E-state index in [1.54, 1.807) is 0 Å². The van der Waals surface area contributed by atoms with Crippen molar-refractivity contribution in [3.63, 3.8) is 0 Å². The third-order valence-electron chi connectivity index (χ3n) is 9.58. The normalized spacial score (nSPS) is 12.9. The van der Waals surface area contributed by atoms with Crippen LogP contribution in [-0.4, -0.2) is 37.2 Å². The van der Waals surface area contributed by atoms with Crippen molar-refractivity contribution in [2.75, 3.05) is 13.2 Å². The van der Waals surface area contributed by atoms with Crippen LogP contribution in [-0.2, 0) is 28.6 Å². The first-order chi connectivity index (χ1) is 29.0. The van der Waals surface area contributed by atoms with E-state index in [9.17, 15) is 14.4 Å². The summed E-state index contributed by atoms with van der Waals surface area (Å²) in [4.78, 5) is 37.7. The Balaban J connectivity index is 4.49. The summed E-state index contributed by atoms with van der Waals surface area (Å²) in [6.07, 6.45) is 61.2. The second-order valence-electron chi connectivity index (χ2n) is 15.3. The maximum absolute atomic E-state index is 12.7. The van der Waals surface area contributed by atoms with Crippen LogP contribution in [0.5, 0.6) is 0 Å². The van der Waals surface area contributed by atoms with Gasteiger partial charge in [-0.2, -0.15) is 0 Å². The molecular formula is C53H86O6. The van der Waals surface area contributed by atoms with Crippen LogP contribution in [0.3, 0.4) is 0 Å². The number of rotatable bonds is 41. The predicted octanol–water partition coefficient (Wildman–Crippen LogP) is 15.4. The Labute approximate surface area is 362 Å². The highest BCUT2D eigenvalue weighted by molar-refractivity contribution is 5.71. The molecule has 0 heterocycles. The minimum absolute atomic E-state index is 0.117. The van der Waals surface area contributed by atoms with E-state index in [1.807, 2.05) is 0 Å². The molecule has 0 saturated heterocycles. The Hall–Kier alpha value is -3.67. The van der Waals surface area contributed by atoms with Crippen LogP contribution in [0.4, 0.5) is 0 Å². The monoisotopic (exact) mass is 819 g/mol. The number of hydrogen-bond donors (Lipinski definition) is 0. The number of esters is 3. The second kappa shape index (κ2) is 47.0. The molecule has 59 heavy (non-hydrogen) atoms. The van der Waals surface area contributed by atoms with Gasteiger partial charge in [0, 0.05) is 19.3 Å². The highest BCUT2D eigenvalue weighted by atomic mass is 16.6. The topological polar surface area (TPSA) is 78.9 Å². The van der Waals surface area contributed by atoms with Crippen LogP contribution in [0.15, 0.2) is 97.2 Å². The first-order valence-electron chi connectivity index (χ1n) is 23.8. The Kier molecular flexibility index (Phi) is 44.1. The molecule has 0 aromatic heterocycles. The van der Waals surface area contributed by atoms with Gasteiger partial charge in [-0.1, -0.05) is 169 Å². The maximum atomic E-state index is 12.7. The van der Waals surface area contributed by atoms with E-state index < -0.39 is 6.10 Å². The van der Waals surface area contributed by atoms with Crippen molar-refractivity contribution in [1.29, 1.82) is 0 Å². The molecule has 0 aliphatic carbocycles. The molecule has 0 aliphatic rings. The van der Waals surface area contributed by atoms with Gasteiger partial charge in [0.25, 0.3) is 0 Å². The van der Waals surface area contributed by atoms with Crippen LogP contribution in [0.25, 0.3) is 0 Å². The van der Waals surface area contributed by atoms with Crippen molar-refractivity contribution in [3.8, 4) is 0 Å². The van der Waals surface area contributed by atoms with Crippen molar-refractivity contribution in [3.05, 3.63) is 97.2 Å². The summed E-state index contributed by atoms with van der Waals surface area (Å²) >= 11 is 0. The number of allylic oxidation sites excluding steroid dienone is 16. The Morgan fingerprint density at radius 1 is 0.373 bits per heavy atom. The van der Waals surface area contributed by atoms with Crippen LogP contribution in [0.1, 0.15) is 201 Å². The van der Waals surface area contributed by atoms with Gasteiger partial charge >= 0.3 is 17.9 Å². The quantitative estimate of drug-likeness (QED) is 0.0201. The lowest BCUT2D eigenvalue weighted by atomic mass is 10.1. The van der Waals surface area contributed by atoms with E-state index in [4.69, 9.17) is 14.2 Å². The van der Waals surface area contributed by atoms with E-state index >= 15 is 0 Å². The zero-order chi connectivity index (χ0) is 43.0. The molecule has 334 valence electrons. The number of carbonyl (C=O) groups excluding carboxylic acids is 3. The summed E-state index contributed by atoms with van der Waals surface area (Å²) in [5.74, 6) is -1.02. The summed E-state index contributed by atoms with van der Waals surface area (Å²) < 4.78 is 16.6. The van der Waals surface area contributed by atoms with Crippen molar-refractivity contribution >= 4 is 17.9 Å². The van der Waals surface area contributed by atoms with Crippen LogP contribution >= 0.6 is 0 Å². The van der Waals surface area contributed by atoms with Gasteiger partial charge in [-0.25, -0.2) is 0 Å². The minimum atomic E-state index is -0.816. The average Bonchev–Trinajstić information content (AvgIpc) is 3.23. The maximum Gasteiger partial charge on any atom is 0.306 e. The van der Waals surface area contributed by atoms with Crippen LogP contribution in [0, 0.1) is 0 Å². The summed E-state index contributed by atoms with van der Waals surface area (Å²) in [7, 11) is 0. The SMILES string of the molecule is CC/C=C\C/C=C\C/C=C\C/C=C\CCCCCC(=O)OCC(COC(=O)CCCC/C=C\C/C=C\CC)OC(=O)CCCCC/C=C\C=C/CCCCCCCCC. The van der Waals surface area contributed by atoms with Crippen molar-refractivity contribution in [2.24, 2.45) is 0 Å². The summed E-state index contributed by atoms with van der Waals surface area (Å²) in [6.45, 7) is 6.29. The molecule has 0 spiro atoms. The van der Waals surface area contributed by atoms with E-state index in [1.165, 1.54) is 44.9 Å². The molecule has 6 heteroatoms. The smallest absolute Gasteiger partial charge is 0.306 e. The molecule has 0 aliphatic heterocycles. The Morgan fingerprint density at radius 3 is 1.17 bits per heavy atom. The van der Waals surface area contributed by atoms with Gasteiger partial charge in [0.05, 0.1) is 0 Å². The van der Waals surface area contributed by atoms with Crippen molar-refractivity contribution < 1.29 is 28.6 Å². The molecule has 1 unspecified atom stereocenters. The summed E-state index contributed by atoms with van der Waals surface area (Å²) in [5, 5.41) is 0. The third kappa shape index (κ3) is 45.3. The lowest BCUT2D eigenvalue weighted by Crippen LogP contribution is -2.30. The second-order valence-corrected chi connectivity index (χ2v) is 15.3. The van der Waals surface area contributed by atoms with Crippen molar-refractivity contribution in [1.82, 2.24) is 0 Å². The first kappa shape index (κ1) is 55.3. The molecule has 0 N–H and O–H groups in total. The number of unbranched alkanes of at least 4 members (excludes halogenated alkanes) is 15. The fourth-order valence-electron chi connectivity index (χ4n) is 6.05. The van der Waals surface area contributed by atoms with Gasteiger partial charge in [0.1, 0.15) is 13.2 Å². The largest absolute Gasteiger partial charge is 0.462 e. The number of hydrogen-bond acceptors (Lipinski definition) is 6. The van der Waals surface area contributed by atoms with E-state index in [2.05, 4.69) is 118 Å². The zero-order valence-corrected chi connectivity index (χ0v) is 38.0. The van der Waals surface area contributed by atoms with E-state index in [-0.39, 0.29) is 37.5 Å². The number of carbonyl (C=O) groups is 3. The molecule has 0 bridgehead atoms. The highest BCUT2D eigenvalue weighted by Gasteiger charge is 2.19. The standard InChI is InChI=1S/C53H86O6/c1-4-7-10-13-16-19-21-23-25-27-29-31-34-37-40-43-46-52(55)58-49-50(48-57-51(54)45-42-39-36-33-18-15-12-9-6-3)59-53(56)47-44-41-38-35-32-30-28-26-24-22-20-17-14-11-8-5-2/h7,9-10,12,16,18-19,23,25-26,28-33,50H,4-6,8,11,13-15,17,20-22,24,27,34-49H2,1-3H3/b10-7-,12-9-,19-16-,25-23-,28-26-,31-29-,32-30-,33-18-. The molecule has 0 fully saturated rings. The third-order valence-corrected chi connectivity index (χ3v) is 9.58. The zero-order valence-electron chi connectivity index (χ0n) is 38.0. The molecule has 0 amide bonds. The Bertz CT molecular complexity index is 1220. The lowest BCUT2D eigenvalue weighted by Gasteiger charge is -2.18. The molecule has 0 rings (SSSR count). The molecule has 0 aromatic carbocycles. The Morgan fingerprint density at radius 2 is 0.712 bits per heavy atom. The lowest BCUT2D eigenvalue weighted by molar-refractivity contribution is -0.167. The molecule has 0 radical (unpaired) electrons. The fraction of sp³-hybridized carbons (Fsp3) is 0.642. The van der Waals surface area contributed by atoms with Crippen LogP contribution < -0.4 is 0 Å². The first-order valence-corrected chi connectivity index (χ1v) is 23.8. The molecular weight excluding hydrogens is 733 g/mol. The van der Waals surface area contributed by atoms with Gasteiger partial charge in [-0.15, -0.1) is 0 Å². The molecule has 6 nitrogen and oxygen atoms in total. The number of ether oxygens (including phenoxy) is 3. The average molecular weight is 819 g/mol. The van der Waals surface area contributed by atoms with E-state index in [0.717, 1.165) is 116 Å². The minimum Gasteiger partial charge on any atom is -0.462 e. The highest BCUT2D eigenvalue weighted by Crippen LogP contribution is 2.11. The van der Waals surface area contributed by atoms with E-state index in [0.29, 0.717) is 12.8 Å². The summed E-state index contributed by atoms with van der Waals surface area (Å²) in [6, 6.07) is 0. The fourth-order valence-corrected chi connectivity index (χ4v) is 6.05. The predicted molar refractivity (Wildman–Crippen MR) is 251 cm³/mol. The van der Waals surface area contributed by atoms with Crippen LogP contribution in [0.2, 0.25) is 0 Å². The van der Waals surface area contributed by atoms with Gasteiger partial charge in [-0.05, 0) is 109 Å². The van der Waals surface area contributed by atoms with Gasteiger partial charge < -0.3 is 14.2 Å². The van der Waals surface area contributed by atoms with Gasteiger partial charge in [-0.3, -0.25) is 14.4 Å². The van der Waals surface area contributed by atoms with Gasteiger partial charge in [0.2, 0.25) is 0 Å².